The van der Waals surface area contributed by atoms with Gasteiger partial charge in [0, 0.05) is 45.2 Å². The van der Waals surface area contributed by atoms with Gasteiger partial charge in [0.1, 0.15) is 0 Å². The van der Waals surface area contributed by atoms with E-state index in [4.69, 9.17) is 4.74 Å². The molecule has 0 saturated heterocycles. The van der Waals surface area contributed by atoms with E-state index in [2.05, 4.69) is 21.3 Å². The first-order valence-electron chi connectivity index (χ1n) is 10.1. The van der Waals surface area contributed by atoms with Gasteiger partial charge in [0.2, 0.25) is 5.91 Å². The summed E-state index contributed by atoms with van der Waals surface area (Å²) < 4.78 is 4.94. The number of hydrogen-bond acceptors (Lipinski definition) is 4. The minimum Gasteiger partial charge on any atom is -0.383 e. The van der Waals surface area contributed by atoms with E-state index in [1.165, 1.54) is 19.3 Å². The first-order valence-corrected chi connectivity index (χ1v) is 10.1. The summed E-state index contributed by atoms with van der Waals surface area (Å²) in [6, 6.07) is -0.110. The lowest BCUT2D eigenvalue weighted by atomic mass is 9.53. The van der Waals surface area contributed by atoms with Crippen molar-refractivity contribution >= 4 is 24.3 Å². The Bertz CT molecular complexity index is 468. The van der Waals surface area contributed by atoms with Gasteiger partial charge in [0.25, 0.3) is 0 Å². The van der Waals surface area contributed by atoms with Crippen LogP contribution in [0, 0.1) is 17.8 Å². The highest BCUT2D eigenvalue weighted by molar-refractivity contribution is 5.85. The predicted molar refractivity (Wildman–Crippen MR) is 107 cm³/mol. The summed E-state index contributed by atoms with van der Waals surface area (Å²) >= 11 is 0. The summed E-state index contributed by atoms with van der Waals surface area (Å²) in [7, 11) is 1.66. The van der Waals surface area contributed by atoms with Crippen LogP contribution in [-0.4, -0.2) is 57.4 Å². The molecule has 0 atom stereocenters. The van der Waals surface area contributed by atoms with Crippen molar-refractivity contribution in [3.8, 4) is 0 Å². The quantitative estimate of drug-likeness (QED) is 0.416. The maximum Gasteiger partial charge on any atom is 0.315 e. The van der Waals surface area contributed by atoms with Gasteiger partial charge in [-0.05, 0) is 56.3 Å². The fourth-order valence-corrected chi connectivity index (χ4v) is 5.52. The molecule has 0 aromatic carbocycles. The lowest BCUT2D eigenvalue weighted by Gasteiger charge is -2.56. The van der Waals surface area contributed by atoms with Crippen molar-refractivity contribution in [1.29, 1.82) is 0 Å². The third-order valence-electron chi connectivity index (χ3n) is 6.16. The Kier molecular flexibility index (Phi) is 8.63. The van der Waals surface area contributed by atoms with E-state index in [1.54, 1.807) is 7.11 Å². The van der Waals surface area contributed by atoms with Crippen LogP contribution in [-0.2, 0) is 9.53 Å². The largest absolute Gasteiger partial charge is 0.383 e. The van der Waals surface area contributed by atoms with Crippen molar-refractivity contribution in [3.05, 3.63) is 0 Å². The van der Waals surface area contributed by atoms with Crippen LogP contribution in [0.5, 0.6) is 0 Å². The Morgan fingerprint density at radius 3 is 2.15 bits per heavy atom. The van der Waals surface area contributed by atoms with Gasteiger partial charge in [-0.1, -0.05) is 0 Å². The second kappa shape index (κ2) is 10.5. The Balaban J connectivity index is 0.00000261. The molecule has 0 spiro atoms. The highest BCUT2D eigenvalue weighted by Gasteiger charge is 2.51. The van der Waals surface area contributed by atoms with E-state index in [1.807, 2.05) is 0 Å². The zero-order valence-corrected chi connectivity index (χ0v) is 17.2. The molecule has 4 rings (SSSR count). The monoisotopic (exact) mass is 402 g/mol. The molecule has 4 saturated carbocycles. The lowest BCUT2D eigenvalue weighted by molar-refractivity contribution is -0.120. The number of methoxy groups -OCH3 is 1. The van der Waals surface area contributed by atoms with Crippen LogP contribution in [0.25, 0.3) is 0 Å². The van der Waals surface area contributed by atoms with E-state index in [0.717, 1.165) is 50.1 Å². The van der Waals surface area contributed by atoms with Crippen LogP contribution in [0.3, 0.4) is 0 Å². The molecule has 4 bridgehead atoms. The number of nitrogens with one attached hydrogen (secondary N) is 4. The van der Waals surface area contributed by atoms with Crippen molar-refractivity contribution in [2.75, 3.05) is 39.9 Å². The SMILES string of the molecule is COCCNCCNC(=O)CCNC(=O)NC12CC3CC(CC(C3)C1)C2.Cl. The number of carbonyl (C=O) groups is 2. The predicted octanol–water partition coefficient (Wildman–Crippen LogP) is 1.42. The molecule has 4 aliphatic rings. The van der Waals surface area contributed by atoms with E-state index in [9.17, 15) is 9.59 Å². The van der Waals surface area contributed by atoms with Crippen LogP contribution in [0.4, 0.5) is 4.79 Å². The van der Waals surface area contributed by atoms with Crippen LogP contribution >= 0.6 is 12.4 Å². The van der Waals surface area contributed by atoms with Crippen molar-refractivity contribution < 1.29 is 14.3 Å². The molecule has 7 nitrogen and oxygen atoms in total. The summed E-state index contributed by atoms with van der Waals surface area (Å²) in [5, 5.41) is 12.1. The topological polar surface area (TPSA) is 91.5 Å². The fraction of sp³-hybridized carbons (Fsp3) is 0.895. The Hall–Kier alpha value is -1.05. The fourth-order valence-electron chi connectivity index (χ4n) is 5.52. The van der Waals surface area contributed by atoms with Crippen LogP contribution < -0.4 is 21.3 Å². The Morgan fingerprint density at radius 2 is 1.56 bits per heavy atom. The van der Waals surface area contributed by atoms with E-state index < -0.39 is 0 Å². The highest BCUT2D eigenvalue weighted by Crippen LogP contribution is 2.55. The maximum atomic E-state index is 12.3. The maximum absolute atomic E-state index is 12.3. The number of ether oxygens (including phenoxy) is 1. The number of rotatable bonds is 10. The number of hydrogen-bond donors (Lipinski definition) is 4. The lowest BCUT2D eigenvalue weighted by Crippen LogP contribution is -2.61. The zero-order valence-electron chi connectivity index (χ0n) is 16.4. The number of urea groups is 1. The normalized spacial score (nSPS) is 30.5. The molecule has 4 N–H and O–H groups in total. The van der Waals surface area contributed by atoms with Crippen molar-refractivity contribution in [2.24, 2.45) is 17.8 Å². The van der Waals surface area contributed by atoms with Crippen molar-refractivity contribution in [1.82, 2.24) is 21.3 Å². The van der Waals surface area contributed by atoms with Gasteiger partial charge in [-0.15, -0.1) is 12.4 Å². The van der Waals surface area contributed by atoms with Crippen LogP contribution in [0.15, 0.2) is 0 Å². The van der Waals surface area contributed by atoms with E-state index in [-0.39, 0.29) is 29.9 Å². The van der Waals surface area contributed by atoms with Crippen LogP contribution in [0.1, 0.15) is 44.9 Å². The van der Waals surface area contributed by atoms with Crippen molar-refractivity contribution in [2.45, 2.75) is 50.5 Å². The molecule has 0 heterocycles. The second-order valence-corrected chi connectivity index (χ2v) is 8.42. The average molecular weight is 403 g/mol. The van der Waals surface area contributed by atoms with Gasteiger partial charge < -0.3 is 26.0 Å². The van der Waals surface area contributed by atoms with E-state index >= 15 is 0 Å². The van der Waals surface area contributed by atoms with Gasteiger partial charge in [0.15, 0.2) is 0 Å². The Labute approximate surface area is 168 Å². The molecule has 0 aromatic heterocycles. The average Bonchev–Trinajstić information content (AvgIpc) is 2.56. The first-order chi connectivity index (χ1) is 12.6. The molecule has 8 heteroatoms. The number of halogens is 1. The standard InChI is InChI=1S/C19H34N4O3.ClH/c1-26-7-6-20-4-5-21-17(24)2-3-22-18(25)23-19-11-14-8-15(12-19)10-16(9-14)13-19;/h14-16,20H,2-13H2,1H3,(H,21,24)(H2,22,23,25);1H. The molecular weight excluding hydrogens is 368 g/mol. The molecule has 4 aliphatic carbocycles. The summed E-state index contributed by atoms with van der Waals surface area (Å²) in [5.41, 5.74) is 0.0228. The molecule has 0 radical (unpaired) electrons. The molecule has 0 aliphatic heterocycles. The van der Waals surface area contributed by atoms with Gasteiger partial charge >= 0.3 is 6.03 Å². The summed E-state index contributed by atoms with van der Waals surface area (Å²) in [4.78, 5) is 24.1. The van der Waals surface area contributed by atoms with Gasteiger partial charge in [-0.25, -0.2) is 4.79 Å². The third-order valence-corrected chi connectivity index (χ3v) is 6.16. The molecule has 3 amide bonds. The first kappa shape index (κ1) is 22.2. The molecule has 156 valence electrons. The summed E-state index contributed by atoms with van der Waals surface area (Å²) in [6.45, 7) is 3.12. The number of carbonyl (C=O) groups excluding carboxylic acids is 2. The number of amides is 3. The summed E-state index contributed by atoms with van der Waals surface area (Å²) in [6.07, 6.45) is 7.83. The van der Waals surface area contributed by atoms with Gasteiger partial charge in [-0.2, -0.15) is 0 Å². The minimum absolute atomic E-state index is 0. The summed E-state index contributed by atoms with van der Waals surface area (Å²) in [5.74, 6) is 2.40. The van der Waals surface area contributed by atoms with Crippen LogP contribution in [0.2, 0.25) is 0 Å². The molecular formula is C19H35ClN4O3. The highest BCUT2D eigenvalue weighted by atomic mass is 35.5. The van der Waals surface area contributed by atoms with Crippen molar-refractivity contribution in [3.63, 3.8) is 0 Å². The molecule has 0 aromatic rings. The molecule has 0 unspecified atom stereocenters. The zero-order chi connectivity index (χ0) is 18.4. The van der Waals surface area contributed by atoms with Gasteiger partial charge in [-0.3, -0.25) is 4.79 Å². The van der Waals surface area contributed by atoms with Gasteiger partial charge in [0.05, 0.1) is 6.61 Å². The smallest absolute Gasteiger partial charge is 0.315 e. The molecule has 27 heavy (non-hydrogen) atoms. The molecule has 4 fully saturated rings. The Morgan fingerprint density at radius 1 is 0.926 bits per heavy atom. The second-order valence-electron chi connectivity index (χ2n) is 8.42. The third kappa shape index (κ3) is 6.50. The minimum atomic E-state index is -0.110. The van der Waals surface area contributed by atoms with E-state index in [0.29, 0.717) is 26.1 Å².